The summed E-state index contributed by atoms with van der Waals surface area (Å²) in [7, 11) is 0. The molecule has 2 rings (SSSR count). The molecule has 1 saturated carbocycles. The highest BCUT2D eigenvalue weighted by Gasteiger charge is 2.34. The summed E-state index contributed by atoms with van der Waals surface area (Å²) in [6.45, 7) is 4.54. The fourth-order valence-electron chi connectivity index (χ4n) is 2.38. The summed E-state index contributed by atoms with van der Waals surface area (Å²) >= 11 is 3.16. The van der Waals surface area contributed by atoms with E-state index in [2.05, 4.69) is 35.1 Å². The Hall–Kier alpha value is -0.570. The van der Waals surface area contributed by atoms with Crippen molar-refractivity contribution in [2.75, 3.05) is 5.32 Å². The Bertz CT molecular complexity index is 390. The molecule has 0 saturated heterocycles. The summed E-state index contributed by atoms with van der Waals surface area (Å²) in [5, 5.41) is 3.44. The second kappa shape index (κ2) is 4.36. The number of halogens is 2. The summed E-state index contributed by atoms with van der Waals surface area (Å²) in [6.07, 6.45) is 3.66. The van der Waals surface area contributed by atoms with E-state index in [0.29, 0.717) is 15.9 Å². The first-order chi connectivity index (χ1) is 7.49. The molecule has 1 aliphatic rings. The van der Waals surface area contributed by atoms with E-state index in [1.165, 1.54) is 19.3 Å². The van der Waals surface area contributed by atoms with Gasteiger partial charge in [0.25, 0.3) is 0 Å². The van der Waals surface area contributed by atoms with Crippen LogP contribution >= 0.6 is 15.9 Å². The first-order valence-corrected chi connectivity index (χ1v) is 6.50. The Morgan fingerprint density at radius 1 is 1.44 bits per heavy atom. The average Bonchev–Trinajstić information content (AvgIpc) is 2.52. The molecule has 1 atom stereocenters. The lowest BCUT2D eigenvalue weighted by molar-refractivity contribution is 0.350. The average molecular weight is 286 g/mol. The third kappa shape index (κ3) is 2.40. The molecule has 1 aromatic rings. The smallest absolute Gasteiger partial charge is 0.139 e. The molecule has 1 unspecified atom stereocenters. The van der Waals surface area contributed by atoms with Crippen molar-refractivity contribution in [2.24, 2.45) is 5.41 Å². The number of rotatable bonds is 2. The lowest BCUT2D eigenvalue weighted by Crippen LogP contribution is -2.30. The van der Waals surface area contributed by atoms with Crippen molar-refractivity contribution in [3.05, 3.63) is 28.5 Å². The van der Waals surface area contributed by atoms with Crippen LogP contribution in [0.25, 0.3) is 0 Å². The molecule has 0 spiro atoms. The van der Waals surface area contributed by atoms with Crippen LogP contribution in [0, 0.1) is 11.2 Å². The molecule has 0 bridgehead atoms. The van der Waals surface area contributed by atoms with Crippen molar-refractivity contribution in [2.45, 2.75) is 39.2 Å². The van der Waals surface area contributed by atoms with Crippen molar-refractivity contribution >= 4 is 21.6 Å². The lowest BCUT2D eigenvalue weighted by Gasteiger charge is -2.28. The third-order valence-corrected chi connectivity index (χ3v) is 4.16. The molecule has 1 aliphatic carbocycles. The highest BCUT2D eigenvalue weighted by molar-refractivity contribution is 9.10. The fourth-order valence-corrected chi connectivity index (χ4v) is 2.63. The summed E-state index contributed by atoms with van der Waals surface area (Å²) in [5.74, 6) is -0.208. The van der Waals surface area contributed by atoms with Gasteiger partial charge in [0.15, 0.2) is 0 Å². The van der Waals surface area contributed by atoms with Crippen LogP contribution in [0.5, 0.6) is 0 Å². The SMILES string of the molecule is CC1(C)CCCC1Nc1ccc(Br)c(F)c1. The van der Waals surface area contributed by atoms with Crippen LogP contribution in [0.3, 0.4) is 0 Å². The molecule has 0 amide bonds. The van der Waals surface area contributed by atoms with Gasteiger partial charge >= 0.3 is 0 Å². The van der Waals surface area contributed by atoms with E-state index in [4.69, 9.17) is 0 Å². The minimum atomic E-state index is -0.208. The van der Waals surface area contributed by atoms with Crippen molar-refractivity contribution in [3.8, 4) is 0 Å². The van der Waals surface area contributed by atoms with E-state index in [0.717, 1.165) is 5.69 Å². The molecule has 1 aromatic carbocycles. The van der Waals surface area contributed by atoms with Crippen molar-refractivity contribution in [1.82, 2.24) is 0 Å². The lowest BCUT2D eigenvalue weighted by atomic mass is 9.87. The minimum Gasteiger partial charge on any atom is -0.382 e. The third-order valence-electron chi connectivity index (χ3n) is 3.52. The maximum Gasteiger partial charge on any atom is 0.139 e. The predicted molar refractivity (Wildman–Crippen MR) is 69.1 cm³/mol. The zero-order valence-corrected chi connectivity index (χ0v) is 11.3. The number of hydrogen-bond acceptors (Lipinski definition) is 1. The van der Waals surface area contributed by atoms with Crippen LogP contribution in [0.15, 0.2) is 22.7 Å². The number of nitrogens with one attached hydrogen (secondary N) is 1. The number of benzene rings is 1. The van der Waals surface area contributed by atoms with E-state index in [9.17, 15) is 4.39 Å². The molecule has 0 aromatic heterocycles. The van der Waals surface area contributed by atoms with Gasteiger partial charge in [-0.05, 0) is 52.4 Å². The van der Waals surface area contributed by atoms with Gasteiger partial charge in [-0.2, -0.15) is 0 Å². The van der Waals surface area contributed by atoms with Gasteiger partial charge in [-0.15, -0.1) is 0 Å². The second-order valence-electron chi connectivity index (χ2n) is 5.21. The van der Waals surface area contributed by atoms with Gasteiger partial charge in [0, 0.05) is 11.7 Å². The van der Waals surface area contributed by atoms with Crippen LogP contribution < -0.4 is 5.32 Å². The standard InChI is InChI=1S/C13H17BrFN/c1-13(2)7-3-4-12(13)16-9-5-6-10(14)11(15)8-9/h5-6,8,12,16H,3-4,7H2,1-2H3. The number of anilines is 1. The molecule has 0 radical (unpaired) electrons. The van der Waals surface area contributed by atoms with Crippen LogP contribution in [0.2, 0.25) is 0 Å². The van der Waals surface area contributed by atoms with Crippen LogP contribution in [-0.4, -0.2) is 6.04 Å². The van der Waals surface area contributed by atoms with E-state index < -0.39 is 0 Å². The minimum absolute atomic E-state index is 0.208. The van der Waals surface area contributed by atoms with Crippen molar-refractivity contribution in [3.63, 3.8) is 0 Å². The monoisotopic (exact) mass is 285 g/mol. The molecule has 1 N–H and O–H groups in total. The Balaban J connectivity index is 2.12. The van der Waals surface area contributed by atoms with E-state index in [1.54, 1.807) is 12.1 Å². The van der Waals surface area contributed by atoms with E-state index in [-0.39, 0.29) is 5.82 Å². The largest absolute Gasteiger partial charge is 0.382 e. The van der Waals surface area contributed by atoms with E-state index in [1.807, 2.05) is 6.07 Å². The molecule has 0 heterocycles. The molecule has 1 fully saturated rings. The first-order valence-electron chi connectivity index (χ1n) is 5.71. The van der Waals surface area contributed by atoms with Crippen LogP contribution in [0.1, 0.15) is 33.1 Å². The Morgan fingerprint density at radius 2 is 2.19 bits per heavy atom. The van der Waals surface area contributed by atoms with Crippen molar-refractivity contribution < 1.29 is 4.39 Å². The van der Waals surface area contributed by atoms with Gasteiger partial charge in [0.1, 0.15) is 5.82 Å². The van der Waals surface area contributed by atoms with Gasteiger partial charge in [-0.1, -0.05) is 20.3 Å². The Kier molecular flexibility index (Phi) is 3.24. The summed E-state index contributed by atoms with van der Waals surface area (Å²) in [5.41, 5.74) is 1.18. The molecule has 1 nitrogen and oxygen atoms in total. The first kappa shape index (κ1) is 11.9. The van der Waals surface area contributed by atoms with Crippen LogP contribution in [0.4, 0.5) is 10.1 Å². The second-order valence-corrected chi connectivity index (χ2v) is 6.06. The van der Waals surface area contributed by atoms with Gasteiger partial charge in [0.05, 0.1) is 4.47 Å². The van der Waals surface area contributed by atoms with Crippen LogP contribution in [-0.2, 0) is 0 Å². The molecule has 16 heavy (non-hydrogen) atoms. The fraction of sp³-hybridized carbons (Fsp3) is 0.538. The van der Waals surface area contributed by atoms with Gasteiger partial charge in [0.2, 0.25) is 0 Å². The molecule has 3 heteroatoms. The Labute approximate surface area is 105 Å². The zero-order chi connectivity index (χ0) is 11.8. The summed E-state index contributed by atoms with van der Waals surface area (Å²) in [4.78, 5) is 0. The van der Waals surface area contributed by atoms with Gasteiger partial charge < -0.3 is 5.32 Å². The maximum atomic E-state index is 13.4. The quantitative estimate of drug-likeness (QED) is 0.839. The zero-order valence-electron chi connectivity index (χ0n) is 9.69. The molecular formula is C13H17BrFN. The summed E-state index contributed by atoms with van der Waals surface area (Å²) < 4.78 is 13.9. The van der Waals surface area contributed by atoms with Crippen molar-refractivity contribution in [1.29, 1.82) is 0 Å². The topological polar surface area (TPSA) is 12.0 Å². The number of hydrogen-bond donors (Lipinski definition) is 1. The molecular weight excluding hydrogens is 269 g/mol. The van der Waals surface area contributed by atoms with E-state index >= 15 is 0 Å². The maximum absolute atomic E-state index is 13.4. The Morgan fingerprint density at radius 3 is 2.75 bits per heavy atom. The summed E-state index contributed by atoms with van der Waals surface area (Å²) in [6, 6.07) is 5.67. The molecule has 0 aliphatic heterocycles. The molecule has 88 valence electrons. The highest BCUT2D eigenvalue weighted by atomic mass is 79.9. The highest BCUT2D eigenvalue weighted by Crippen LogP contribution is 2.39. The normalized spacial score (nSPS) is 23.4. The van der Waals surface area contributed by atoms with Gasteiger partial charge in [-0.25, -0.2) is 4.39 Å². The predicted octanol–water partition coefficient (Wildman–Crippen LogP) is 4.58. The van der Waals surface area contributed by atoms with Gasteiger partial charge in [-0.3, -0.25) is 0 Å².